The first-order valence-electron chi connectivity index (χ1n) is 4.94. The quantitative estimate of drug-likeness (QED) is 0.446. The van der Waals surface area contributed by atoms with Crippen molar-refractivity contribution in [1.82, 2.24) is 0 Å². The third kappa shape index (κ3) is 4.31. The van der Waals surface area contributed by atoms with E-state index in [-0.39, 0.29) is 5.60 Å². The fourth-order valence-corrected chi connectivity index (χ4v) is 1.14. The maximum absolute atomic E-state index is 5.62. The molecule has 0 saturated heterocycles. The molecule has 0 unspecified atom stereocenters. The molecular weight excluding hydrogens is 164 g/mol. The molecular formula is C11H20O2. The summed E-state index contributed by atoms with van der Waals surface area (Å²) in [5.41, 5.74) is -0.378. The van der Waals surface area contributed by atoms with E-state index in [1.54, 1.807) is 0 Å². The molecule has 0 aromatic carbocycles. The fraction of sp³-hybridized carbons (Fsp3) is 0.818. The molecule has 0 rings (SSSR count). The van der Waals surface area contributed by atoms with Crippen LogP contribution in [0.1, 0.15) is 33.6 Å². The SMILES string of the molecule is C#CC(CC)(CC)OCCOCC. The normalized spacial score (nSPS) is 11.2. The highest BCUT2D eigenvalue weighted by molar-refractivity contribution is 5.07. The minimum absolute atomic E-state index is 0.378. The molecule has 0 radical (unpaired) electrons. The first kappa shape index (κ1) is 12.5. The third-order valence-corrected chi connectivity index (χ3v) is 2.22. The summed E-state index contributed by atoms with van der Waals surface area (Å²) in [6.45, 7) is 7.99. The second kappa shape index (κ2) is 6.94. The molecule has 0 atom stereocenters. The molecule has 0 aromatic heterocycles. The van der Waals surface area contributed by atoms with Crippen LogP contribution in [-0.2, 0) is 9.47 Å². The Morgan fingerprint density at radius 2 is 1.77 bits per heavy atom. The molecule has 0 aliphatic carbocycles. The molecule has 76 valence electrons. The second-order valence-electron chi connectivity index (χ2n) is 2.89. The highest BCUT2D eigenvalue weighted by Crippen LogP contribution is 2.18. The number of hydrogen-bond acceptors (Lipinski definition) is 2. The van der Waals surface area contributed by atoms with Gasteiger partial charge in [0.2, 0.25) is 0 Å². The average molecular weight is 184 g/mol. The Labute approximate surface area is 81.6 Å². The molecule has 0 aliphatic heterocycles. The number of rotatable bonds is 7. The van der Waals surface area contributed by atoms with Gasteiger partial charge in [-0.2, -0.15) is 0 Å². The topological polar surface area (TPSA) is 18.5 Å². The molecule has 0 fully saturated rings. The minimum Gasteiger partial charge on any atom is -0.379 e. The Hall–Kier alpha value is -0.520. The summed E-state index contributed by atoms with van der Waals surface area (Å²) >= 11 is 0. The second-order valence-corrected chi connectivity index (χ2v) is 2.89. The first-order valence-corrected chi connectivity index (χ1v) is 4.94. The lowest BCUT2D eigenvalue weighted by Gasteiger charge is -2.25. The predicted molar refractivity (Wildman–Crippen MR) is 54.6 cm³/mol. The van der Waals surface area contributed by atoms with Crippen molar-refractivity contribution in [2.45, 2.75) is 39.2 Å². The van der Waals surface area contributed by atoms with Crippen LogP contribution in [-0.4, -0.2) is 25.4 Å². The summed E-state index contributed by atoms with van der Waals surface area (Å²) in [5.74, 6) is 2.71. The van der Waals surface area contributed by atoms with Crippen molar-refractivity contribution in [3.05, 3.63) is 0 Å². The number of terminal acetylenes is 1. The van der Waals surface area contributed by atoms with Crippen LogP contribution in [0.25, 0.3) is 0 Å². The summed E-state index contributed by atoms with van der Waals surface area (Å²) in [5, 5.41) is 0. The molecule has 0 saturated carbocycles. The van der Waals surface area contributed by atoms with Crippen LogP contribution in [0, 0.1) is 12.3 Å². The standard InChI is InChI=1S/C11H20O2/c1-5-11(6-2,7-3)13-10-9-12-8-4/h1H,6-10H2,2-4H3. The Morgan fingerprint density at radius 3 is 2.15 bits per heavy atom. The van der Waals surface area contributed by atoms with Gasteiger partial charge in [0, 0.05) is 6.61 Å². The van der Waals surface area contributed by atoms with E-state index in [2.05, 4.69) is 5.92 Å². The van der Waals surface area contributed by atoms with E-state index in [9.17, 15) is 0 Å². The van der Waals surface area contributed by atoms with E-state index in [0.29, 0.717) is 13.2 Å². The number of hydrogen-bond donors (Lipinski definition) is 0. The van der Waals surface area contributed by atoms with Crippen LogP contribution in [0.3, 0.4) is 0 Å². The molecule has 0 amide bonds. The smallest absolute Gasteiger partial charge is 0.128 e. The van der Waals surface area contributed by atoms with Crippen molar-refractivity contribution >= 4 is 0 Å². The maximum atomic E-state index is 5.62. The lowest BCUT2D eigenvalue weighted by atomic mass is 9.98. The van der Waals surface area contributed by atoms with Crippen LogP contribution in [0.5, 0.6) is 0 Å². The van der Waals surface area contributed by atoms with E-state index in [1.165, 1.54) is 0 Å². The molecule has 2 nitrogen and oxygen atoms in total. The minimum atomic E-state index is -0.378. The van der Waals surface area contributed by atoms with E-state index in [1.807, 2.05) is 20.8 Å². The lowest BCUT2D eigenvalue weighted by Crippen LogP contribution is -2.30. The third-order valence-electron chi connectivity index (χ3n) is 2.22. The molecule has 0 aromatic rings. The van der Waals surface area contributed by atoms with Gasteiger partial charge < -0.3 is 9.47 Å². The maximum Gasteiger partial charge on any atom is 0.128 e. The van der Waals surface area contributed by atoms with Gasteiger partial charge in [-0.15, -0.1) is 6.42 Å². The lowest BCUT2D eigenvalue weighted by molar-refractivity contribution is -0.0352. The van der Waals surface area contributed by atoms with Gasteiger partial charge in [0.15, 0.2) is 0 Å². The monoisotopic (exact) mass is 184 g/mol. The van der Waals surface area contributed by atoms with Crippen LogP contribution in [0.15, 0.2) is 0 Å². The molecule has 13 heavy (non-hydrogen) atoms. The van der Waals surface area contributed by atoms with E-state index in [4.69, 9.17) is 15.9 Å². The Bertz CT molecular complexity index is 154. The Morgan fingerprint density at radius 1 is 1.15 bits per heavy atom. The van der Waals surface area contributed by atoms with E-state index >= 15 is 0 Å². The van der Waals surface area contributed by atoms with Gasteiger partial charge in [-0.05, 0) is 19.8 Å². The Kier molecular flexibility index (Phi) is 6.66. The molecule has 0 bridgehead atoms. The molecule has 0 spiro atoms. The van der Waals surface area contributed by atoms with Gasteiger partial charge in [-0.3, -0.25) is 0 Å². The fourth-order valence-electron chi connectivity index (χ4n) is 1.14. The van der Waals surface area contributed by atoms with Crippen LogP contribution < -0.4 is 0 Å². The zero-order valence-corrected chi connectivity index (χ0v) is 8.93. The van der Waals surface area contributed by atoms with Crippen molar-refractivity contribution in [2.75, 3.05) is 19.8 Å². The van der Waals surface area contributed by atoms with Crippen molar-refractivity contribution in [2.24, 2.45) is 0 Å². The van der Waals surface area contributed by atoms with Crippen LogP contribution in [0.2, 0.25) is 0 Å². The summed E-state index contributed by atoms with van der Waals surface area (Å²) in [6.07, 6.45) is 7.13. The zero-order valence-electron chi connectivity index (χ0n) is 8.93. The van der Waals surface area contributed by atoms with E-state index < -0.39 is 0 Å². The predicted octanol–water partition coefficient (Wildman–Crippen LogP) is 2.23. The van der Waals surface area contributed by atoms with Gasteiger partial charge >= 0.3 is 0 Å². The van der Waals surface area contributed by atoms with Gasteiger partial charge in [-0.1, -0.05) is 19.8 Å². The average Bonchev–Trinajstić information content (AvgIpc) is 2.20. The van der Waals surface area contributed by atoms with Crippen molar-refractivity contribution in [1.29, 1.82) is 0 Å². The molecule has 0 N–H and O–H groups in total. The van der Waals surface area contributed by atoms with Gasteiger partial charge in [0.1, 0.15) is 5.60 Å². The number of ether oxygens (including phenoxy) is 2. The highest BCUT2D eigenvalue weighted by atomic mass is 16.5. The van der Waals surface area contributed by atoms with Crippen molar-refractivity contribution in [3.8, 4) is 12.3 Å². The highest BCUT2D eigenvalue weighted by Gasteiger charge is 2.23. The largest absolute Gasteiger partial charge is 0.379 e. The van der Waals surface area contributed by atoms with Gasteiger partial charge in [0.25, 0.3) is 0 Å². The van der Waals surface area contributed by atoms with Gasteiger partial charge in [-0.25, -0.2) is 0 Å². The Balaban J connectivity index is 3.77. The molecule has 2 heteroatoms. The van der Waals surface area contributed by atoms with Crippen LogP contribution in [0.4, 0.5) is 0 Å². The zero-order chi connectivity index (χ0) is 10.2. The summed E-state index contributed by atoms with van der Waals surface area (Å²) in [7, 11) is 0. The van der Waals surface area contributed by atoms with Crippen molar-refractivity contribution in [3.63, 3.8) is 0 Å². The van der Waals surface area contributed by atoms with E-state index in [0.717, 1.165) is 19.4 Å². The summed E-state index contributed by atoms with van der Waals surface area (Å²) < 4.78 is 10.8. The van der Waals surface area contributed by atoms with Crippen molar-refractivity contribution < 1.29 is 9.47 Å². The first-order chi connectivity index (χ1) is 6.24. The molecule has 0 aliphatic rings. The summed E-state index contributed by atoms with van der Waals surface area (Å²) in [6, 6.07) is 0. The molecule has 0 heterocycles. The van der Waals surface area contributed by atoms with Gasteiger partial charge in [0.05, 0.1) is 13.2 Å². The summed E-state index contributed by atoms with van der Waals surface area (Å²) in [4.78, 5) is 0. The van der Waals surface area contributed by atoms with Crippen LogP contribution >= 0.6 is 0 Å².